The first-order valence-electron chi connectivity index (χ1n) is 9.51. The van der Waals surface area contributed by atoms with E-state index < -0.39 is 16.1 Å². The molecule has 2 aromatic carbocycles. The quantitative estimate of drug-likeness (QED) is 0.772. The van der Waals surface area contributed by atoms with Crippen molar-refractivity contribution >= 4 is 21.6 Å². The molecule has 2 unspecified atom stereocenters. The molecular weight excluding hydrogens is 376 g/mol. The van der Waals surface area contributed by atoms with Crippen LogP contribution in [0.5, 0.6) is 5.75 Å². The summed E-state index contributed by atoms with van der Waals surface area (Å²) in [4.78, 5) is 12.7. The summed E-state index contributed by atoms with van der Waals surface area (Å²) in [6, 6.07) is 15.9. The Morgan fingerprint density at radius 2 is 1.86 bits per heavy atom. The van der Waals surface area contributed by atoms with E-state index in [9.17, 15) is 13.2 Å². The lowest BCUT2D eigenvalue weighted by molar-refractivity contribution is -0.128. The van der Waals surface area contributed by atoms with E-state index in [0.717, 1.165) is 12.8 Å². The average molecular weight is 403 g/mol. The maximum Gasteiger partial charge on any atom is 0.263 e. The van der Waals surface area contributed by atoms with Gasteiger partial charge in [-0.05, 0) is 31.0 Å². The van der Waals surface area contributed by atoms with Crippen molar-refractivity contribution in [1.82, 2.24) is 5.32 Å². The number of anilines is 1. The van der Waals surface area contributed by atoms with E-state index in [1.54, 1.807) is 36.4 Å². The van der Waals surface area contributed by atoms with Crippen molar-refractivity contribution in [1.29, 1.82) is 0 Å². The van der Waals surface area contributed by atoms with Crippen LogP contribution < -0.4 is 14.4 Å². The van der Waals surface area contributed by atoms with E-state index in [0.29, 0.717) is 17.0 Å². The second-order valence-corrected chi connectivity index (χ2v) is 8.94. The third-order valence-corrected chi connectivity index (χ3v) is 6.38. The Morgan fingerprint density at radius 3 is 2.57 bits per heavy atom. The molecule has 0 radical (unpaired) electrons. The fourth-order valence-electron chi connectivity index (χ4n) is 3.31. The molecule has 2 atom stereocenters. The highest BCUT2D eigenvalue weighted by Gasteiger charge is 2.36. The number of hydrogen-bond donors (Lipinski definition) is 1. The molecule has 7 heteroatoms. The molecule has 0 spiro atoms. The van der Waals surface area contributed by atoms with Crippen molar-refractivity contribution in [2.24, 2.45) is 0 Å². The Labute approximate surface area is 166 Å². The van der Waals surface area contributed by atoms with Crippen LogP contribution in [-0.4, -0.2) is 33.0 Å². The minimum atomic E-state index is -3.68. The number of sulfonamides is 1. The standard InChI is InChI=1S/C21H26N2O4S/c1-3-9-16(2)22-21(24)20-14-23(18-12-7-8-13-19(18)27-20)28(25,26)15-17-10-5-4-6-11-17/h4-8,10-13,16,20H,3,9,14-15H2,1-2H3,(H,22,24). The molecule has 150 valence electrons. The van der Waals surface area contributed by atoms with Crippen molar-refractivity contribution in [3.8, 4) is 5.75 Å². The summed E-state index contributed by atoms with van der Waals surface area (Å²) in [5.74, 6) is -0.0352. The van der Waals surface area contributed by atoms with Crippen LogP contribution >= 0.6 is 0 Å². The average Bonchev–Trinajstić information content (AvgIpc) is 2.67. The number of nitrogens with zero attached hydrogens (tertiary/aromatic N) is 1. The number of para-hydroxylation sites is 2. The first kappa shape index (κ1) is 20.2. The smallest absolute Gasteiger partial charge is 0.263 e. The zero-order valence-electron chi connectivity index (χ0n) is 16.2. The predicted octanol–water partition coefficient (Wildman–Crippen LogP) is 3.09. The highest BCUT2D eigenvalue weighted by molar-refractivity contribution is 7.92. The van der Waals surface area contributed by atoms with Crippen molar-refractivity contribution in [2.75, 3.05) is 10.8 Å². The molecule has 0 fully saturated rings. The summed E-state index contributed by atoms with van der Waals surface area (Å²) in [5, 5.41) is 2.92. The van der Waals surface area contributed by atoms with Crippen LogP contribution in [-0.2, 0) is 20.6 Å². The molecule has 28 heavy (non-hydrogen) atoms. The van der Waals surface area contributed by atoms with Gasteiger partial charge in [0.1, 0.15) is 5.75 Å². The molecule has 1 aliphatic heterocycles. The predicted molar refractivity (Wildman–Crippen MR) is 110 cm³/mol. The fourth-order valence-corrected chi connectivity index (χ4v) is 4.89. The van der Waals surface area contributed by atoms with Gasteiger partial charge in [-0.3, -0.25) is 9.10 Å². The zero-order valence-corrected chi connectivity index (χ0v) is 17.0. The molecule has 3 rings (SSSR count). The summed E-state index contributed by atoms with van der Waals surface area (Å²) in [7, 11) is -3.68. The Bertz CT molecular complexity index is 915. The molecular formula is C21H26N2O4S. The molecule has 1 aliphatic rings. The van der Waals surface area contributed by atoms with Gasteiger partial charge in [-0.15, -0.1) is 0 Å². The normalized spacial score (nSPS) is 17.4. The van der Waals surface area contributed by atoms with Gasteiger partial charge < -0.3 is 10.1 Å². The molecule has 1 heterocycles. The fraction of sp³-hybridized carbons (Fsp3) is 0.381. The van der Waals surface area contributed by atoms with Crippen LogP contribution in [0.25, 0.3) is 0 Å². The van der Waals surface area contributed by atoms with E-state index in [1.807, 2.05) is 32.0 Å². The van der Waals surface area contributed by atoms with Gasteiger partial charge in [-0.1, -0.05) is 55.8 Å². The van der Waals surface area contributed by atoms with Gasteiger partial charge in [0.25, 0.3) is 5.91 Å². The third kappa shape index (κ3) is 4.65. The highest BCUT2D eigenvalue weighted by atomic mass is 32.2. The molecule has 6 nitrogen and oxygen atoms in total. The summed E-state index contributed by atoms with van der Waals surface area (Å²) in [6.07, 6.45) is 0.915. The summed E-state index contributed by atoms with van der Waals surface area (Å²) >= 11 is 0. The molecule has 0 aliphatic carbocycles. The van der Waals surface area contributed by atoms with E-state index >= 15 is 0 Å². The first-order valence-corrected chi connectivity index (χ1v) is 11.1. The largest absolute Gasteiger partial charge is 0.476 e. The van der Waals surface area contributed by atoms with Crippen molar-refractivity contribution in [2.45, 2.75) is 44.6 Å². The molecule has 2 aromatic rings. The van der Waals surface area contributed by atoms with E-state index in [2.05, 4.69) is 5.32 Å². The molecule has 0 saturated carbocycles. The Morgan fingerprint density at radius 1 is 1.18 bits per heavy atom. The molecule has 0 bridgehead atoms. The number of fused-ring (bicyclic) bond motifs is 1. The SMILES string of the molecule is CCCC(C)NC(=O)C1CN(S(=O)(=O)Cc2ccccc2)c2ccccc2O1. The second-order valence-electron chi connectivity index (χ2n) is 7.05. The van der Waals surface area contributed by atoms with E-state index in [4.69, 9.17) is 4.74 Å². The Kier molecular flexibility index (Phi) is 6.24. The van der Waals surface area contributed by atoms with Gasteiger partial charge in [0.05, 0.1) is 18.0 Å². The van der Waals surface area contributed by atoms with Crippen LogP contribution in [0.2, 0.25) is 0 Å². The number of hydrogen-bond acceptors (Lipinski definition) is 4. The lowest BCUT2D eigenvalue weighted by Gasteiger charge is -2.35. The zero-order chi connectivity index (χ0) is 20.1. The number of rotatable bonds is 7. The summed E-state index contributed by atoms with van der Waals surface area (Å²) in [6.45, 7) is 3.94. The van der Waals surface area contributed by atoms with Gasteiger partial charge in [-0.2, -0.15) is 0 Å². The first-order chi connectivity index (χ1) is 13.4. The molecule has 1 amide bonds. The highest BCUT2D eigenvalue weighted by Crippen LogP contribution is 2.35. The van der Waals surface area contributed by atoms with Crippen LogP contribution in [0, 0.1) is 0 Å². The molecule has 0 aromatic heterocycles. The Balaban J connectivity index is 1.86. The van der Waals surface area contributed by atoms with Crippen LogP contribution in [0.15, 0.2) is 54.6 Å². The van der Waals surface area contributed by atoms with Crippen LogP contribution in [0.1, 0.15) is 32.3 Å². The number of benzene rings is 2. The van der Waals surface area contributed by atoms with Gasteiger partial charge in [-0.25, -0.2) is 8.42 Å². The summed E-state index contributed by atoms with van der Waals surface area (Å²) in [5.41, 5.74) is 1.16. The Hall–Kier alpha value is -2.54. The molecule has 0 saturated heterocycles. The monoisotopic (exact) mass is 402 g/mol. The minimum absolute atomic E-state index is 0.00708. The lowest BCUT2D eigenvalue weighted by atomic mass is 10.1. The van der Waals surface area contributed by atoms with Crippen molar-refractivity contribution in [3.05, 3.63) is 60.2 Å². The lowest BCUT2D eigenvalue weighted by Crippen LogP contribution is -2.52. The summed E-state index contributed by atoms with van der Waals surface area (Å²) < 4.78 is 33.4. The second kappa shape index (κ2) is 8.65. The maximum absolute atomic E-state index is 13.1. The van der Waals surface area contributed by atoms with Crippen molar-refractivity contribution < 1.29 is 17.9 Å². The van der Waals surface area contributed by atoms with Gasteiger partial charge in [0.2, 0.25) is 10.0 Å². The number of nitrogens with one attached hydrogen (secondary N) is 1. The maximum atomic E-state index is 13.1. The van der Waals surface area contributed by atoms with Crippen LogP contribution in [0.4, 0.5) is 5.69 Å². The van der Waals surface area contributed by atoms with Gasteiger partial charge in [0, 0.05) is 6.04 Å². The third-order valence-electron chi connectivity index (χ3n) is 4.67. The van der Waals surface area contributed by atoms with E-state index in [-0.39, 0.29) is 24.2 Å². The number of carbonyl (C=O) groups is 1. The van der Waals surface area contributed by atoms with Gasteiger partial charge >= 0.3 is 0 Å². The minimum Gasteiger partial charge on any atom is -0.476 e. The van der Waals surface area contributed by atoms with E-state index in [1.165, 1.54) is 4.31 Å². The van der Waals surface area contributed by atoms with Crippen molar-refractivity contribution in [3.63, 3.8) is 0 Å². The number of amides is 1. The topological polar surface area (TPSA) is 75.7 Å². The number of ether oxygens (including phenoxy) is 1. The number of carbonyl (C=O) groups excluding carboxylic acids is 1. The molecule has 1 N–H and O–H groups in total. The van der Waals surface area contributed by atoms with Gasteiger partial charge in [0.15, 0.2) is 6.10 Å². The van der Waals surface area contributed by atoms with Crippen LogP contribution in [0.3, 0.4) is 0 Å².